The van der Waals surface area contributed by atoms with E-state index >= 15 is 0 Å². The first-order valence-corrected chi connectivity index (χ1v) is 9.87. The Labute approximate surface area is 159 Å². The van der Waals surface area contributed by atoms with Crippen LogP contribution >= 0.6 is 0 Å². The Morgan fingerprint density at radius 3 is 2.78 bits per heavy atom. The number of Topliss-reactive ketones (excluding diaryl/α,β-unsaturated/α-hetero) is 1. The summed E-state index contributed by atoms with van der Waals surface area (Å²) in [5.41, 5.74) is 2.67. The third-order valence-corrected chi connectivity index (χ3v) is 7.85. The van der Waals surface area contributed by atoms with Crippen molar-refractivity contribution >= 4 is 5.78 Å². The molecule has 3 aliphatic rings. The van der Waals surface area contributed by atoms with Crippen molar-refractivity contribution in [2.75, 3.05) is 0 Å². The predicted molar refractivity (Wildman–Crippen MR) is 102 cm³/mol. The normalized spacial score (nSPS) is 36.2. The van der Waals surface area contributed by atoms with E-state index < -0.39 is 5.92 Å². The van der Waals surface area contributed by atoms with Gasteiger partial charge in [-0.05, 0) is 43.1 Å². The molecule has 4 atom stereocenters. The van der Waals surface area contributed by atoms with Gasteiger partial charge in [0.1, 0.15) is 5.92 Å². The minimum Gasteiger partial charge on any atom is -0.298 e. The molecule has 4 heteroatoms. The average Bonchev–Trinajstić information content (AvgIpc) is 3.41. The maximum Gasteiger partial charge on any atom is 0.159 e. The Kier molecular flexibility index (Phi) is 3.23. The van der Waals surface area contributed by atoms with Gasteiger partial charge in [-0.25, -0.2) is 9.97 Å². The molecule has 136 valence electrons. The summed E-state index contributed by atoms with van der Waals surface area (Å²) in [5, 5.41) is 9.69. The van der Waals surface area contributed by atoms with Gasteiger partial charge in [0, 0.05) is 22.6 Å². The summed E-state index contributed by atoms with van der Waals surface area (Å²) in [6.07, 6.45) is 6.22. The van der Waals surface area contributed by atoms with Crippen molar-refractivity contribution in [3.63, 3.8) is 0 Å². The first-order chi connectivity index (χ1) is 13.0. The Bertz CT molecular complexity index is 994. The van der Waals surface area contributed by atoms with Gasteiger partial charge in [-0.15, -0.1) is 0 Å². The molecule has 4 nitrogen and oxygen atoms in total. The van der Waals surface area contributed by atoms with Crippen molar-refractivity contribution in [3.05, 3.63) is 47.8 Å². The van der Waals surface area contributed by atoms with Crippen molar-refractivity contribution < 1.29 is 4.79 Å². The van der Waals surface area contributed by atoms with Crippen molar-refractivity contribution in [2.24, 2.45) is 16.7 Å². The second-order valence-corrected chi connectivity index (χ2v) is 8.71. The molecule has 2 unspecified atom stereocenters. The van der Waals surface area contributed by atoms with Gasteiger partial charge in [0.05, 0.1) is 11.8 Å². The molecule has 0 bridgehead atoms. The lowest BCUT2D eigenvalue weighted by Crippen LogP contribution is -2.51. The van der Waals surface area contributed by atoms with Crippen LogP contribution in [0.25, 0.3) is 11.4 Å². The lowest BCUT2D eigenvalue weighted by molar-refractivity contribution is -0.133. The Hall–Kier alpha value is -2.54. The van der Waals surface area contributed by atoms with Gasteiger partial charge >= 0.3 is 0 Å². The van der Waals surface area contributed by atoms with E-state index in [2.05, 4.69) is 24.9 Å². The fourth-order valence-corrected chi connectivity index (χ4v) is 6.36. The van der Waals surface area contributed by atoms with Crippen molar-refractivity contribution in [3.8, 4) is 17.5 Å². The smallest absolute Gasteiger partial charge is 0.159 e. The number of aryl methyl sites for hydroxylation is 1. The number of aromatic nitrogens is 2. The van der Waals surface area contributed by atoms with Crippen LogP contribution in [-0.4, -0.2) is 15.8 Å². The standard InChI is InChI=1S/C23H23N3O/c1-3-22-14-23(22)10-9-16-13-25-20(15-7-5-4-6-8-15)26-18(16)21(23,2)11-17(12-24)19(22)27/h4-8,13,17H,3,9-11,14H2,1-2H3/t17?,21-,22?,23+/m1/s1. The number of nitriles is 1. The Morgan fingerprint density at radius 2 is 2.07 bits per heavy atom. The number of fused-ring (bicyclic) bond motifs is 2. The van der Waals surface area contributed by atoms with E-state index in [1.165, 1.54) is 5.56 Å². The molecule has 3 aliphatic carbocycles. The topological polar surface area (TPSA) is 66.6 Å². The highest BCUT2D eigenvalue weighted by Gasteiger charge is 2.81. The maximum atomic E-state index is 13.1. The maximum absolute atomic E-state index is 13.1. The summed E-state index contributed by atoms with van der Waals surface area (Å²) >= 11 is 0. The van der Waals surface area contributed by atoms with E-state index in [1.807, 2.05) is 36.5 Å². The van der Waals surface area contributed by atoms with Crippen LogP contribution in [0.2, 0.25) is 0 Å². The number of hydrogen-bond donors (Lipinski definition) is 0. The van der Waals surface area contributed by atoms with Gasteiger partial charge < -0.3 is 0 Å². The van der Waals surface area contributed by atoms with Crippen LogP contribution in [-0.2, 0) is 16.6 Å². The lowest BCUT2D eigenvalue weighted by Gasteiger charge is -2.49. The molecule has 0 aliphatic heterocycles. The molecular weight excluding hydrogens is 334 g/mol. The van der Waals surface area contributed by atoms with Crippen molar-refractivity contribution in [1.29, 1.82) is 5.26 Å². The Balaban J connectivity index is 1.69. The van der Waals surface area contributed by atoms with Crippen molar-refractivity contribution in [2.45, 2.75) is 51.4 Å². The van der Waals surface area contributed by atoms with E-state index in [0.29, 0.717) is 6.42 Å². The summed E-state index contributed by atoms with van der Waals surface area (Å²) in [7, 11) is 0. The minimum atomic E-state index is -0.522. The first kappa shape index (κ1) is 16.6. The van der Waals surface area contributed by atoms with Crippen LogP contribution in [0.1, 0.15) is 50.8 Å². The number of carbonyl (C=O) groups is 1. The monoisotopic (exact) mass is 357 g/mol. The molecule has 2 aromatic rings. The highest BCUT2D eigenvalue weighted by molar-refractivity contribution is 5.95. The van der Waals surface area contributed by atoms with Crippen LogP contribution < -0.4 is 0 Å². The summed E-state index contributed by atoms with van der Waals surface area (Å²) in [4.78, 5) is 22.7. The molecule has 1 spiro atoms. The zero-order chi connectivity index (χ0) is 18.9. The van der Waals surface area contributed by atoms with E-state index in [-0.39, 0.29) is 22.0 Å². The molecule has 1 heterocycles. The average molecular weight is 357 g/mol. The summed E-state index contributed by atoms with van der Waals surface area (Å²) in [6, 6.07) is 12.3. The quantitative estimate of drug-likeness (QED) is 0.806. The number of carbonyl (C=O) groups excluding carboxylic acids is 1. The molecule has 1 aromatic heterocycles. The zero-order valence-corrected chi connectivity index (χ0v) is 15.8. The summed E-state index contributed by atoms with van der Waals surface area (Å²) in [5.74, 6) is 0.401. The molecule has 0 amide bonds. The first-order valence-electron chi connectivity index (χ1n) is 9.87. The van der Waals surface area contributed by atoms with Crippen LogP contribution in [0.4, 0.5) is 0 Å². The van der Waals surface area contributed by atoms with Crippen LogP contribution in [0.5, 0.6) is 0 Å². The van der Waals surface area contributed by atoms with Gasteiger partial charge in [0.25, 0.3) is 0 Å². The Morgan fingerprint density at radius 1 is 1.30 bits per heavy atom. The molecule has 0 radical (unpaired) electrons. The SMILES string of the molecule is CCC12C[C@]13CCc1cnc(-c4ccccc4)nc1[C@@]3(C)CC(C#N)C2=O. The van der Waals surface area contributed by atoms with Gasteiger partial charge in [0.2, 0.25) is 0 Å². The van der Waals surface area contributed by atoms with Gasteiger partial charge in [0.15, 0.2) is 11.6 Å². The number of rotatable bonds is 2. The van der Waals surface area contributed by atoms with E-state index in [0.717, 1.165) is 42.8 Å². The largest absolute Gasteiger partial charge is 0.298 e. The van der Waals surface area contributed by atoms with E-state index in [4.69, 9.17) is 4.98 Å². The number of benzene rings is 1. The molecule has 2 fully saturated rings. The lowest BCUT2D eigenvalue weighted by atomic mass is 9.53. The number of nitrogens with zero attached hydrogens (tertiary/aromatic N) is 3. The molecule has 2 saturated carbocycles. The van der Waals surface area contributed by atoms with Crippen LogP contribution in [0, 0.1) is 28.1 Å². The fourth-order valence-electron chi connectivity index (χ4n) is 6.36. The van der Waals surface area contributed by atoms with Gasteiger partial charge in [-0.1, -0.05) is 44.2 Å². The highest BCUT2D eigenvalue weighted by atomic mass is 16.1. The highest BCUT2D eigenvalue weighted by Crippen LogP contribution is 2.81. The second kappa shape index (κ2) is 5.25. The van der Waals surface area contributed by atoms with Gasteiger partial charge in [-0.3, -0.25) is 4.79 Å². The molecule has 5 rings (SSSR count). The predicted octanol–water partition coefficient (Wildman–Crippen LogP) is 4.25. The second-order valence-electron chi connectivity index (χ2n) is 8.71. The molecule has 1 aromatic carbocycles. The van der Waals surface area contributed by atoms with Gasteiger partial charge in [-0.2, -0.15) is 5.26 Å². The minimum absolute atomic E-state index is 0.0332. The molecule has 0 N–H and O–H groups in total. The molecular formula is C23H23N3O. The third kappa shape index (κ3) is 1.85. The number of hydrogen-bond acceptors (Lipinski definition) is 4. The van der Waals surface area contributed by atoms with E-state index in [9.17, 15) is 10.1 Å². The summed E-state index contributed by atoms with van der Waals surface area (Å²) in [6.45, 7) is 4.36. The third-order valence-electron chi connectivity index (χ3n) is 7.85. The van der Waals surface area contributed by atoms with Crippen LogP contribution in [0.3, 0.4) is 0 Å². The summed E-state index contributed by atoms with van der Waals surface area (Å²) < 4.78 is 0. The fraction of sp³-hybridized carbons (Fsp3) is 0.478. The molecule has 0 saturated heterocycles. The van der Waals surface area contributed by atoms with Crippen LogP contribution in [0.15, 0.2) is 36.5 Å². The van der Waals surface area contributed by atoms with E-state index in [1.54, 1.807) is 0 Å². The number of ketones is 1. The van der Waals surface area contributed by atoms with Crippen molar-refractivity contribution in [1.82, 2.24) is 9.97 Å². The zero-order valence-electron chi connectivity index (χ0n) is 15.8. The molecule has 27 heavy (non-hydrogen) atoms.